The van der Waals surface area contributed by atoms with E-state index in [1.165, 1.54) is 27.8 Å². The Morgan fingerprint density at radius 2 is 1.33 bits per heavy atom. The monoisotopic (exact) mass is 346 g/mol. The molecule has 0 heteroatoms. The summed E-state index contributed by atoms with van der Waals surface area (Å²) in [7, 11) is 0. The van der Waals surface area contributed by atoms with Gasteiger partial charge in [-0.1, -0.05) is 121 Å². The van der Waals surface area contributed by atoms with Gasteiger partial charge in [0.2, 0.25) is 0 Å². The molecule has 2 aliphatic rings. The fourth-order valence-electron chi connectivity index (χ4n) is 4.87. The van der Waals surface area contributed by atoms with Gasteiger partial charge in [0.05, 0.1) is 5.41 Å². The topological polar surface area (TPSA) is 0 Å². The van der Waals surface area contributed by atoms with E-state index in [1.54, 1.807) is 0 Å². The molecule has 1 atom stereocenters. The fraction of sp³-hybridized carbons (Fsp3) is 0.111. The van der Waals surface area contributed by atoms with Crippen LogP contribution >= 0.6 is 0 Å². The van der Waals surface area contributed by atoms with Crippen molar-refractivity contribution in [2.75, 3.05) is 0 Å². The van der Waals surface area contributed by atoms with Crippen molar-refractivity contribution in [2.45, 2.75) is 17.8 Å². The lowest BCUT2D eigenvalue weighted by atomic mass is 9.60. The van der Waals surface area contributed by atoms with Crippen LogP contribution < -0.4 is 0 Å². The summed E-state index contributed by atoms with van der Waals surface area (Å²) in [5, 5.41) is 0. The Morgan fingerprint density at radius 3 is 1.96 bits per heavy atom. The molecule has 0 amide bonds. The van der Waals surface area contributed by atoms with E-state index in [4.69, 9.17) is 0 Å². The highest BCUT2D eigenvalue weighted by molar-refractivity contribution is 5.68. The largest absolute Gasteiger partial charge is 0.0804 e. The number of hydrogen-bond donors (Lipinski definition) is 0. The van der Waals surface area contributed by atoms with E-state index in [2.05, 4.69) is 115 Å². The molecule has 0 aromatic heterocycles. The SMILES string of the molecule is C1=CCC(C(c2ccccc2)(c2ccccc2)C2C=Cc3ccccc32)=C1. The van der Waals surface area contributed by atoms with Gasteiger partial charge in [-0.15, -0.1) is 0 Å². The first-order valence-corrected chi connectivity index (χ1v) is 9.65. The van der Waals surface area contributed by atoms with Gasteiger partial charge in [0.15, 0.2) is 0 Å². The van der Waals surface area contributed by atoms with Crippen molar-refractivity contribution >= 4 is 6.08 Å². The van der Waals surface area contributed by atoms with Crippen LogP contribution in [0.3, 0.4) is 0 Å². The highest BCUT2D eigenvalue weighted by atomic mass is 14.5. The van der Waals surface area contributed by atoms with Gasteiger partial charge in [0.1, 0.15) is 0 Å². The van der Waals surface area contributed by atoms with Crippen molar-refractivity contribution in [3.63, 3.8) is 0 Å². The van der Waals surface area contributed by atoms with Crippen LogP contribution in [-0.2, 0) is 5.41 Å². The molecule has 0 nitrogen and oxygen atoms in total. The summed E-state index contributed by atoms with van der Waals surface area (Å²) >= 11 is 0. The zero-order chi connectivity index (χ0) is 18.1. The molecule has 3 aromatic rings. The average Bonchev–Trinajstić information content (AvgIpc) is 3.42. The zero-order valence-electron chi connectivity index (χ0n) is 15.3. The van der Waals surface area contributed by atoms with Crippen LogP contribution in [0, 0.1) is 0 Å². The van der Waals surface area contributed by atoms with Gasteiger partial charge < -0.3 is 0 Å². The molecular weight excluding hydrogens is 324 g/mol. The average molecular weight is 346 g/mol. The Balaban J connectivity index is 1.84. The van der Waals surface area contributed by atoms with Gasteiger partial charge in [-0.3, -0.25) is 0 Å². The summed E-state index contributed by atoms with van der Waals surface area (Å²) in [6, 6.07) is 30.9. The first-order valence-electron chi connectivity index (χ1n) is 9.65. The van der Waals surface area contributed by atoms with E-state index in [0.717, 1.165) is 6.42 Å². The first kappa shape index (κ1) is 16.1. The normalized spacial score (nSPS) is 17.8. The second-order valence-corrected chi connectivity index (χ2v) is 7.33. The van der Waals surface area contributed by atoms with Crippen LogP contribution in [0.2, 0.25) is 0 Å². The van der Waals surface area contributed by atoms with Crippen molar-refractivity contribution in [1.82, 2.24) is 0 Å². The summed E-state index contributed by atoms with van der Waals surface area (Å²) in [6.45, 7) is 0. The summed E-state index contributed by atoms with van der Waals surface area (Å²) in [4.78, 5) is 0. The molecule has 2 aliphatic carbocycles. The summed E-state index contributed by atoms with van der Waals surface area (Å²) in [5.41, 5.74) is 6.74. The van der Waals surface area contributed by atoms with E-state index in [9.17, 15) is 0 Å². The maximum absolute atomic E-state index is 2.41. The van der Waals surface area contributed by atoms with Crippen molar-refractivity contribution in [1.29, 1.82) is 0 Å². The third kappa shape index (κ3) is 2.44. The highest BCUT2D eigenvalue weighted by Gasteiger charge is 2.46. The quantitative estimate of drug-likeness (QED) is 0.495. The number of allylic oxidation sites excluding steroid dienone is 5. The van der Waals surface area contributed by atoms with E-state index >= 15 is 0 Å². The van der Waals surface area contributed by atoms with Gasteiger partial charge >= 0.3 is 0 Å². The van der Waals surface area contributed by atoms with Gasteiger partial charge in [0.25, 0.3) is 0 Å². The van der Waals surface area contributed by atoms with Crippen LogP contribution in [0.25, 0.3) is 6.08 Å². The maximum atomic E-state index is 2.41. The molecule has 0 fully saturated rings. The minimum absolute atomic E-state index is 0.199. The molecule has 27 heavy (non-hydrogen) atoms. The molecule has 130 valence electrons. The van der Waals surface area contributed by atoms with E-state index in [0.29, 0.717) is 0 Å². The third-order valence-electron chi connectivity index (χ3n) is 6.00. The number of rotatable bonds is 4. The first-order chi connectivity index (χ1) is 13.4. The molecule has 0 bridgehead atoms. The molecule has 1 unspecified atom stereocenters. The van der Waals surface area contributed by atoms with Gasteiger partial charge in [-0.2, -0.15) is 0 Å². The smallest absolute Gasteiger partial charge is 0.0520 e. The third-order valence-corrected chi connectivity index (χ3v) is 6.00. The lowest BCUT2D eigenvalue weighted by Gasteiger charge is -2.42. The highest BCUT2D eigenvalue weighted by Crippen LogP contribution is 2.54. The molecule has 0 saturated carbocycles. The molecule has 5 rings (SSSR count). The summed E-state index contributed by atoms with van der Waals surface area (Å²) in [5.74, 6) is 0.282. The molecule has 0 aliphatic heterocycles. The minimum atomic E-state index is -0.199. The minimum Gasteiger partial charge on any atom is -0.0804 e. The van der Waals surface area contributed by atoms with Crippen LogP contribution in [0.15, 0.2) is 115 Å². The Morgan fingerprint density at radius 1 is 0.704 bits per heavy atom. The molecule has 0 saturated heterocycles. The van der Waals surface area contributed by atoms with E-state index in [1.807, 2.05) is 0 Å². The van der Waals surface area contributed by atoms with Crippen LogP contribution in [0.4, 0.5) is 0 Å². The van der Waals surface area contributed by atoms with Gasteiger partial charge in [0, 0.05) is 5.92 Å². The molecule has 0 spiro atoms. The standard InChI is InChI=1S/C27H22/c1-3-12-22(13-4-1)27(24-16-8-9-17-24,23-14-5-2-6-15-23)26-20-19-21-11-7-10-18-25(21)26/h1-16,18-20,26H,17H2. The Kier molecular flexibility index (Phi) is 3.90. The molecule has 0 radical (unpaired) electrons. The Bertz CT molecular complexity index is 996. The van der Waals surface area contributed by atoms with Crippen LogP contribution in [0.1, 0.15) is 34.6 Å². The van der Waals surface area contributed by atoms with Gasteiger partial charge in [-0.25, -0.2) is 0 Å². The lowest BCUT2D eigenvalue weighted by molar-refractivity contribution is 0.536. The number of hydrogen-bond acceptors (Lipinski definition) is 0. The zero-order valence-corrected chi connectivity index (χ0v) is 15.3. The second kappa shape index (κ2) is 6.55. The van der Waals surface area contributed by atoms with Crippen LogP contribution in [0.5, 0.6) is 0 Å². The fourth-order valence-corrected chi connectivity index (χ4v) is 4.87. The Hall–Kier alpha value is -3.12. The molecule has 0 heterocycles. The molecular formula is C27H22. The van der Waals surface area contributed by atoms with Crippen molar-refractivity contribution < 1.29 is 0 Å². The maximum Gasteiger partial charge on any atom is 0.0520 e. The van der Waals surface area contributed by atoms with Crippen molar-refractivity contribution in [3.8, 4) is 0 Å². The van der Waals surface area contributed by atoms with E-state index < -0.39 is 0 Å². The van der Waals surface area contributed by atoms with Gasteiger partial charge in [-0.05, 0) is 28.7 Å². The number of benzene rings is 3. The Labute approximate surface area is 161 Å². The second-order valence-electron chi connectivity index (χ2n) is 7.33. The van der Waals surface area contributed by atoms with Crippen molar-refractivity contribution in [3.05, 3.63) is 137 Å². The molecule has 0 N–H and O–H groups in total. The summed E-state index contributed by atoms with van der Waals surface area (Å²) in [6.07, 6.45) is 12.5. The van der Waals surface area contributed by atoms with Crippen molar-refractivity contribution in [2.24, 2.45) is 0 Å². The predicted octanol–water partition coefficient (Wildman–Crippen LogP) is 6.67. The molecule has 3 aromatic carbocycles. The van der Waals surface area contributed by atoms with Crippen LogP contribution in [-0.4, -0.2) is 0 Å². The predicted molar refractivity (Wildman–Crippen MR) is 114 cm³/mol. The lowest BCUT2D eigenvalue weighted by Crippen LogP contribution is -2.36. The van der Waals surface area contributed by atoms with E-state index in [-0.39, 0.29) is 11.3 Å². The summed E-state index contributed by atoms with van der Waals surface area (Å²) < 4.78 is 0. The number of fused-ring (bicyclic) bond motifs is 1.